The third-order valence-corrected chi connectivity index (χ3v) is 5.70. The Morgan fingerprint density at radius 1 is 1.28 bits per heavy atom. The number of esters is 1. The lowest BCUT2D eigenvalue weighted by Crippen LogP contribution is -2.14. The van der Waals surface area contributed by atoms with Crippen LogP contribution in [-0.2, 0) is 20.7 Å². The summed E-state index contributed by atoms with van der Waals surface area (Å²) >= 11 is 2.62. The number of amides is 1. The van der Waals surface area contributed by atoms with Gasteiger partial charge in [0.2, 0.25) is 5.91 Å². The number of benzene rings is 1. The van der Waals surface area contributed by atoms with Crippen LogP contribution in [0.25, 0.3) is 10.9 Å². The van der Waals surface area contributed by atoms with Crippen LogP contribution < -0.4 is 10.1 Å². The van der Waals surface area contributed by atoms with E-state index in [1.165, 1.54) is 23.1 Å². The van der Waals surface area contributed by atoms with Gasteiger partial charge in [-0.2, -0.15) is 0 Å². The van der Waals surface area contributed by atoms with E-state index in [9.17, 15) is 9.59 Å². The summed E-state index contributed by atoms with van der Waals surface area (Å²) in [4.78, 5) is 32.7. The van der Waals surface area contributed by atoms with E-state index in [4.69, 9.17) is 9.47 Å². The van der Waals surface area contributed by atoms with Crippen LogP contribution in [0.2, 0.25) is 0 Å². The van der Waals surface area contributed by atoms with Crippen molar-refractivity contribution in [3.8, 4) is 5.75 Å². The maximum absolute atomic E-state index is 12.3. The fraction of sp³-hybridized carbons (Fsp3) is 0.300. The summed E-state index contributed by atoms with van der Waals surface area (Å²) in [7, 11) is 1.61. The first-order chi connectivity index (χ1) is 14.0. The molecule has 0 aliphatic carbocycles. The molecule has 0 radical (unpaired) electrons. The number of thiazole rings is 1. The predicted octanol–water partition coefficient (Wildman–Crippen LogP) is 3.84. The number of aromatic nitrogens is 2. The van der Waals surface area contributed by atoms with Crippen molar-refractivity contribution in [1.82, 2.24) is 9.97 Å². The molecule has 1 N–H and O–H groups in total. The van der Waals surface area contributed by atoms with Gasteiger partial charge in [-0.05, 0) is 31.5 Å². The molecule has 0 unspecified atom stereocenters. The van der Waals surface area contributed by atoms with Crippen LogP contribution >= 0.6 is 23.1 Å². The van der Waals surface area contributed by atoms with Crippen molar-refractivity contribution in [1.29, 1.82) is 0 Å². The third-order valence-electron chi connectivity index (χ3n) is 3.99. The smallest absolute Gasteiger partial charge is 0.311 e. The fourth-order valence-electron chi connectivity index (χ4n) is 2.70. The topological polar surface area (TPSA) is 90.4 Å². The second kappa shape index (κ2) is 9.71. The molecule has 0 atom stereocenters. The summed E-state index contributed by atoms with van der Waals surface area (Å²) in [5.41, 5.74) is 2.43. The highest BCUT2D eigenvalue weighted by atomic mass is 32.2. The van der Waals surface area contributed by atoms with Crippen molar-refractivity contribution in [3.63, 3.8) is 0 Å². The number of methoxy groups -OCH3 is 1. The molecule has 29 heavy (non-hydrogen) atoms. The maximum Gasteiger partial charge on any atom is 0.311 e. The number of thioether (sulfide) groups is 1. The quantitative estimate of drug-likeness (QED) is 0.428. The van der Waals surface area contributed by atoms with Gasteiger partial charge >= 0.3 is 5.97 Å². The number of nitrogens with one attached hydrogen (secondary N) is 1. The van der Waals surface area contributed by atoms with Gasteiger partial charge in [0, 0.05) is 10.8 Å². The van der Waals surface area contributed by atoms with Crippen molar-refractivity contribution >= 4 is 51.0 Å². The van der Waals surface area contributed by atoms with Gasteiger partial charge in [0.25, 0.3) is 0 Å². The number of pyridine rings is 1. The number of aryl methyl sites for hydroxylation is 1. The highest BCUT2D eigenvalue weighted by molar-refractivity contribution is 7.99. The van der Waals surface area contributed by atoms with Crippen molar-refractivity contribution in [2.24, 2.45) is 0 Å². The third kappa shape index (κ3) is 5.45. The van der Waals surface area contributed by atoms with Gasteiger partial charge in [0.1, 0.15) is 11.3 Å². The first-order valence-electron chi connectivity index (χ1n) is 8.97. The van der Waals surface area contributed by atoms with Gasteiger partial charge in [0.05, 0.1) is 36.6 Å². The number of hydrogen-bond acceptors (Lipinski definition) is 8. The summed E-state index contributed by atoms with van der Waals surface area (Å²) in [6, 6.07) is 7.75. The molecule has 0 saturated carbocycles. The Morgan fingerprint density at radius 2 is 2.10 bits per heavy atom. The van der Waals surface area contributed by atoms with E-state index in [2.05, 4.69) is 15.3 Å². The average Bonchev–Trinajstić information content (AvgIpc) is 3.12. The van der Waals surface area contributed by atoms with Crippen LogP contribution in [0.3, 0.4) is 0 Å². The minimum atomic E-state index is -0.334. The summed E-state index contributed by atoms with van der Waals surface area (Å²) < 4.78 is 10.3. The minimum Gasteiger partial charge on any atom is -0.494 e. The van der Waals surface area contributed by atoms with Crippen LogP contribution in [0.15, 0.2) is 34.7 Å². The molecule has 9 heteroatoms. The van der Waals surface area contributed by atoms with Crippen molar-refractivity contribution < 1.29 is 19.1 Å². The molecule has 0 spiro atoms. The predicted molar refractivity (Wildman–Crippen MR) is 115 cm³/mol. The zero-order chi connectivity index (χ0) is 20.8. The highest BCUT2D eigenvalue weighted by Gasteiger charge is 2.12. The largest absolute Gasteiger partial charge is 0.494 e. The molecular formula is C20H21N3O4S2. The Hall–Kier alpha value is -2.65. The summed E-state index contributed by atoms with van der Waals surface area (Å²) in [5.74, 6) is 0.375. The molecule has 7 nitrogen and oxygen atoms in total. The Morgan fingerprint density at radius 3 is 2.86 bits per heavy atom. The number of fused-ring (bicyclic) bond motifs is 1. The molecule has 3 rings (SSSR count). The van der Waals surface area contributed by atoms with E-state index in [0.29, 0.717) is 23.2 Å². The van der Waals surface area contributed by atoms with E-state index in [1.54, 1.807) is 19.4 Å². The SMILES string of the molecule is CCOC(=O)Cc1csc(NC(=O)CSc2cc(C)c3cccc(OC)c3n2)n1. The number of carbonyl (C=O) groups excluding carboxylic acids is 2. The molecule has 2 heterocycles. The molecule has 1 aromatic carbocycles. The molecule has 0 fully saturated rings. The van der Waals surface area contributed by atoms with Gasteiger partial charge in [-0.15, -0.1) is 11.3 Å². The summed E-state index contributed by atoms with van der Waals surface area (Å²) in [6.07, 6.45) is 0.0943. The average molecular weight is 432 g/mol. The number of hydrogen-bond donors (Lipinski definition) is 1. The maximum atomic E-state index is 12.3. The van der Waals surface area contributed by atoms with E-state index in [-0.39, 0.29) is 24.1 Å². The van der Waals surface area contributed by atoms with Crippen molar-refractivity contribution in [3.05, 3.63) is 40.9 Å². The lowest BCUT2D eigenvalue weighted by molar-refractivity contribution is -0.142. The van der Waals surface area contributed by atoms with Crippen LogP contribution in [0.5, 0.6) is 5.75 Å². The lowest BCUT2D eigenvalue weighted by atomic mass is 10.1. The summed E-state index contributed by atoms with van der Waals surface area (Å²) in [5, 5.41) is 6.72. The Balaban J connectivity index is 1.61. The molecule has 1 amide bonds. The lowest BCUT2D eigenvalue weighted by Gasteiger charge is -2.09. The zero-order valence-corrected chi connectivity index (χ0v) is 18.0. The number of anilines is 1. The molecule has 2 aromatic heterocycles. The molecule has 0 saturated heterocycles. The van der Waals surface area contributed by atoms with Gasteiger partial charge in [-0.3, -0.25) is 9.59 Å². The molecule has 0 aliphatic rings. The van der Waals surface area contributed by atoms with Crippen LogP contribution in [0, 0.1) is 6.92 Å². The Bertz CT molecular complexity index is 1040. The van der Waals surface area contributed by atoms with Crippen LogP contribution in [0.1, 0.15) is 18.2 Å². The fourth-order valence-corrected chi connectivity index (χ4v) is 4.19. The standard InChI is InChI=1S/C20H21N3O4S2/c1-4-27-18(25)9-13-10-29-20(21-13)22-16(24)11-28-17-8-12(2)14-6-5-7-15(26-3)19(14)23-17/h5-8,10H,4,9,11H2,1-3H3,(H,21,22,24). The molecule has 3 aromatic rings. The molecule has 0 bridgehead atoms. The van der Waals surface area contributed by atoms with Gasteiger partial charge in [0.15, 0.2) is 5.13 Å². The van der Waals surface area contributed by atoms with Gasteiger partial charge in [-0.1, -0.05) is 23.9 Å². The van der Waals surface area contributed by atoms with Gasteiger partial charge in [-0.25, -0.2) is 9.97 Å². The van der Waals surface area contributed by atoms with Crippen LogP contribution in [0.4, 0.5) is 5.13 Å². The highest BCUT2D eigenvalue weighted by Crippen LogP contribution is 2.29. The first-order valence-corrected chi connectivity index (χ1v) is 10.8. The number of carbonyl (C=O) groups is 2. The Labute approximate surface area is 176 Å². The van der Waals surface area contributed by atoms with E-state index < -0.39 is 0 Å². The molecule has 0 aliphatic heterocycles. The van der Waals surface area contributed by atoms with Gasteiger partial charge < -0.3 is 14.8 Å². The van der Waals surface area contributed by atoms with E-state index in [0.717, 1.165) is 21.5 Å². The number of nitrogens with zero attached hydrogens (tertiary/aromatic N) is 2. The van der Waals surface area contributed by atoms with Crippen molar-refractivity contribution in [2.45, 2.75) is 25.3 Å². The number of ether oxygens (including phenoxy) is 2. The monoisotopic (exact) mass is 431 g/mol. The second-order valence-electron chi connectivity index (χ2n) is 6.10. The molecule has 152 valence electrons. The van der Waals surface area contributed by atoms with Crippen LogP contribution in [-0.4, -0.2) is 41.3 Å². The van der Waals surface area contributed by atoms with Crippen molar-refractivity contribution in [2.75, 3.05) is 24.8 Å². The summed E-state index contributed by atoms with van der Waals surface area (Å²) in [6.45, 7) is 4.09. The number of para-hydroxylation sites is 1. The molecular weight excluding hydrogens is 410 g/mol. The number of rotatable bonds is 8. The normalized spacial score (nSPS) is 10.7. The van der Waals surface area contributed by atoms with E-state index in [1.807, 2.05) is 31.2 Å². The zero-order valence-electron chi connectivity index (χ0n) is 16.4. The Kier molecular flexibility index (Phi) is 7.05. The minimum absolute atomic E-state index is 0.0943. The van der Waals surface area contributed by atoms with E-state index >= 15 is 0 Å². The first kappa shape index (κ1) is 21.1. The second-order valence-corrected chi connectivity index (χ2v) is 7.95.